The monoisotopic (exact) mass is 278 g/mol. The lowest BCUT2D eigenvalue weighted by Gasteiger charge is -2.31. The minimum atomic E-state index is -0.713. The van der Waals surface area contributed by atoms with Crippen LogP contribution >= 0.6 is 0 Å². The van der Waals surface area contributed by atoms with Gasteiger partial charge in [0.25, 0.3) is 5.91 Å². The van der Waals surface area contributed by atoms with Crippen molar-refractivity contribution >= 4 is 5.91 Å². The first-order valence-corrected chi connectivity index (χ1v) is 6.80. The van der Waals surface area contributed by atoms with E-state index >= 15 is 0 Å². The fraction of sp³-hybridized carbons (Fsp3) is 0.615. The predicted octanol–water partition coefficient (Wildman–Crippen LogP) is -0.199. The number of hydrogen-bond donors (Lipinski definition) is 1. The number of amides is 1. The summed E-state index contributed by atoms with van der Waals surface area (Å²) >= 11 is 0. The van der Waals surface area contributed by atoms with E-state index in [-0.39, 0.29) is 17.6 Å². The molecule has 2 aliphatic heterocycles. The molecule has 20 heavy (non-hydrogen) atoms. The van der Waals surface area contributed by atoms with Crippen LogP contribution < -0.4 is 5.56 Å². The van der Waals surface area contributed by atoms with Gasteiger partial charge in [0.1, 0.15) is 5.82 Å². The van der Waals surface area contributed by atoms with Gasteiger partial charge in [-0.2, -0.15) is 4.98 Å². The van der Waals surface area contributed by atoms with E-state index < -0.39 is 11.3 Å². The Labute approximate surface area is 116 Å². The fourth-order valence-electron chi connectivity index (χ4n) is 3.03. The van der Waals surface area contributed by atoms with Crippen LogP contribution in [0.25, 0.3) is 0 Å². The second-order valence-electron chi connectivity index (χ2n) is 5.49. The van der Waals surface area contributed by atoms with E-state index in [0.29, 0.717) is 18.9 Å². The third kappa shape index (κ3) is 1.81. The van der Waals surface area contributed by atoms with E-state index in [1.54, 1.807) is 11.6 Å². The first-order valence-electron chi connectivity index (χ1n) is 6.80. The normalized spacial score (nSPS) is 23.2. The van der Waals surface area contributed by atoms with Crippen molar-refractivity contribution in [3.8, 4) is 5.75 Å². The lowest BCUT2D eigenvalue weighted by atomic mass is 10.1. The molecular weight excluding hydrogens is 260 g/mol. The molecular formula is C13H18N4O3. The largest absolute Gasteiger partial charge is 0.501 e. The zero-order chi connectivity index (χ0) is 14.4. The number of nitrogens with zero attached hydrogens (tertiary/aromatic N) is 4. The Balaban J connectivity index is 2.20. The second-order valence-corrected chi connectivity index (χ2v) is 5.49. The number of fused-ring (bicyclic) bond motifs is 1. The van der Waals surface area contributed by atoms with Crippen LogP contribution in [-0.2, 0) is 6.54 Å². The van der Waals surface area contributed by atoms with Gasteiger partial charge < -0.3 is 14.6 Å². The number of likely N-dealkylation sites (N-methyl/N-ethyl adjacent to an activating group) is 1. The molecule has 0 bridgehead atoms. The van der Waals surface area contributed by atoms with Crippen LogP contribution in [0.5, 0.6) is 5.75 Å². The van der Waals surface area contributed by atoms with Gasteiger partial charge in [-0.05, 0) is 26.4 Å². The zero-order valence-corrected chi connectivity index (χ0v) is 11.7. The fourth-order valence-corrected chi connectivity index (χ4v) is 3.03. The molecule has 1 saturated heterocycles. The smallest absolute Gasteiger partial charge is 0.315 e. The topological polar surface area (TPSA) is 78.7 Å². The third-order valence-electron chi connectivity index (χ3n) is 4.22. The van der Waals surface area contributed by atoms with Crippen molar-refractivity contribution < 1.29 is 9.90 Å². The second kappa shape index (κ2) is 4.59. The molecule has 0 aliphatic carbocycles. The van der Waals surface area contributed by atoms with Crippen LogP contribution in [0.15, 0.2) is 4.79 Å². The lowest BCUT2D eigenvalue weighted by molar-refractivity contribution is 0.0735. The van der Waals surface area contributed by atoms with Gasteiger partial charge in [0.15, 0.2) is 5.69 Å². The number of carbonyl (C=O) groups excluding carboxylic acids is 1. The summed E-state index contributed by atoms with van der Waals surface area (Å²) < 4.78 is 1.71. The molecule has 3 rings (SSSR count). The summed E-state index contributed by atoms with van der Waals surface area (Å²) in [6, 6.07) is 0.0401. The quantitative estimate of drug-likeness (QED) is 0.770. The van der Waals surface area contributed by atoms with Crippen molar-refractivity contribution in [2.45, 2.75) is 25.4 Å². The van der Waals surface area contributed by atoms with Gasteiger partial charge in [0.05, 0.1) is 6.04 Å². The van der Waals surface area contributed by atoms with E-state index in [1.165, 1.54) is 4.90 Å². The molecule has 1 amide bonds. The van der Waals surface area contributed by atoms with E-state index in [4.69, 9.17) is 0 Å². The standard InChI is InChI=1S/C13H18N4O3/c1-15-5-3-4-8(15)11-14-12(19)10(18)9-13(20)16(2)6-7-17(9)11/h8,18H,3-7H2,1-2H3. The van der Waals surface area contributed by atoms with Crippen LogP contribution in [-0.4, -0.2) is 57.5 Å². The van der Waals surface area contributed by atoms with Gasteiger partial charge in [-0.1, -0.05) is 0 Å². The highest BCUT2D eigenvalue weighted by atomic mass is 16.3. The van der Waals surface area contributed by atoms with Crippen LogP contribution in [0.1, 0.15) is 35.2 Å². The lowest BCUT2D eigenvalue weighted by Crippen LogP contribution is -2.42. The van der Waals surface area contributed by atoms with Gasteiger partial charge >= 0.3 is 5.56 Å². The Morgan fingerprint density at radius 3 is 2.60 bits per heavy atom. The average molecular weight is 278 g/mol. The molecule has 0 radical (unpaired) electrons. The average Bonchev–Trinajstić information content (AvgIpc) is 2.83. The van der Waals surface area contributed by atoms with Crippen molar-refractivity contribution in [3.63, 3.8) is 0 Å². The molecule has 1 unspecified atom stereocenters. The minimum Gasteiger partial charge on any atom is -0.501 e. The van der Waals surface area contributed by atoms with E-state index in [1.807, 2.05) is 7.05 Å². The van der Waals surface area contributed by atoms with Crippen LogP contribution in [0, 0.1) is 0 Å². The van der Waals surface area contributed by atoms with Crippen LogP contribution in [0.4, 0.5) is 0 Å². The van der Waals surface area contributed by atoms with E-state index in [2.05, 4.69) is 9.88 Å². The van der Waals surface area contributed by atoms with E-state index in [0.717, 1.165) is 19.4 Å². The van der Waals surface area contributed by atoms with Crippen molar-refractivity contribution in [2.24, 2.45) is 0 Å². The van der Waals surface area contributed by atoms with Crippen molar-refractivity contribution in [1.29, 1.82) is 0 Å². The molecule has 1 aromatic rings. The van der Waals surface area contributed by atoms with Gasteiger partial charge in [-0.25, -0.2) is 0 Å². The SMILES string of the molecule is CN1CCn2c(C3CCCN3C)nc(=O)c(O)c2C1=O. The Morgan fingerprint density at radius 2 is 1.95 bits per heavy atom. The highest BCUT2D eigenvalue weighted by molar-refractivity contribution is 5.95. The molecule has 108 valence electrons. The summed E-state index contributed by atoms with van der Waals surface area (Å²) in [6.07, 6.45) is 1.96. The molecule has 1 atom stereocenters. The minimum absolute atomic E-state index is 0.0401. The molecule has 1 fully saturated rings. The highest BCUT2D eigenvalue weighted by Gasteiger charge is 2.33. The van der Waals surface area contributed by atoms with Gasteiger partial charge in [-0.3, -0.25) is 14.5 Å². The summed E-state index contributed by atoms with van der Waals surface area (Å²) in [5, 5.41) is 9.91. The number of rotatable bonds is 1. The number of hydrogen-bond acceptors (Lipinski definition) is 5. The van der Waals surface area contributed by atoms with Crippen molar-refractivity contribution in [1.82, 2.24) is 19.4 Å². The molecule has 7 nitrogen and oxygen atoms in total. The van der Waals surface area contributed by atoms with Gasteiger partial charge in [-0.15, -0.1) is 0 Å². The highest BCUT2D eigenvalue weighted by Crippen LogP contribution is 2.31. The summed E-state index contributed by atoms with van der Waals surface area (Å²) in [5.74, 6) is -0.259. The van der Waals surface area contributed by atoms with Gasteiger partial charge in [0, 0.05) is 20.1 Å². The Hall–Kier alpha value is -1.89. The number of aromatic hydroxyl groups is 1. The molecule has 0 spiro atoms. The Morgan fingerprint density at radius 1 is 1.20 bits per heavy atom. The molecule has 0 aromatic carbocycles. The molecule has 7 heteroatoms. The molecule has 2 aliphatic rings. The number of likely N-dealkylation sites (tertiary alicyclic amines) is 1. The predicted molar refractivity (Wildman–Crippen MR) is 71.7 cm³/mol. The van der Waals surface area contributed by atoms with Gasteiger partial charge in [0.2, 0.25) is 5.75 Å². The summed E-state index contributed by atoms with van der Waals surface area (Å²) in [4.78, 5) is 31.7. The summed E-state index contributed by atoms with van der Waals surface area (Å²) in [7, 11) is 3.65. The first-order chi connectivity index (χ1) is 9.50. The molecule has 3 heterocycles. The first kappa shape index (κ1) is 13.1. The zero-order valence-electron chi connectivity index (χ0n) is 11.7. The van der Waals surface area contributed by atoms with Crippen molar-refractivity contribution in [3.05, 3.63) is 21.9 Å². The van der Waals surface area contributed by atoms with Crippen LogP contribution in [0.2, 0.25) is 0 Å². The number of aromatic nitrogens is 2. The maximum atomic E-state index is 12.2. The van der Waals surface area contributed by atoms with E-state index in [9.17, 15) is 14.7 Å². The molecule has 1 aromatic heterocycles. The maximum Gasteiger partial charge on any atom is 0.315 e. The Kier molecular flexibility index (Phi) is 3.01. The molecule has 0 saturated carbocycles. The summed E-state index contributed by atoms with van der Waals surface area (Å²) in [6.45, 7) is 2.06. The third-order valence-corrected chi connectivity index (χ3v) is 4.22. The van der Waals surface area contributed by atoms with Crippen molar-refractivity contribution in [2.75, 3.05) is 27.2 Å². The summed E-state index contributed by atoms with van der Waals surface area (Å²) in [5.41, 5.74) is -0.635. The molecule has 1 N–H and O–H groups in total. The number of carbonyl (C=O) groups is 1. The maximum absolute atomic E-state index is 12.2. The van der Waals surface area contributed by atoms with Crippen LogP contribution in [0.3, 0.4) is 0 Å². The Bertz CT molecular complexity index is 625.